The first-order chi connectivity index (χ1) is 7.98. The number of anilines is 1. The van der Waals surface area contributed by atoms with E-state index in [9.17, 15) is 4.39 Å². The van der Waals surface area contributed by atoms with Gasteiger partial charge in [-0.25, -0.2) is 4.39 Å². The topological polar surface area (TPSA) is 29.3 Å². The third kappa shape index (κ3) is 1.48. The number of nitrogens with zero attached hydrogens (tertiary/aromatic N) is 1. The Morgan fingerprint density at radius 1 is 1.18 bits per heavy atom. The summed E-state index contributed by atoms with van der Waals surface area (Å²) in [5, 5.41) is 0. The average molecular weight is 234 g/mol. The highest BCUT2D eigenvalue weighted by atomic mass is 19.1. The summed E-state index contributed by atoms with van der Waals surface area (Å²) in [6, 6.07) is 5.62. The molecular weight excluding hydrogens is 215 g/mol. The fraction of sp³-hybridized carbons (Fsp3) is 0.571. The van der Waals surface area contributed by atoms with Gasteiger partial charge in [0.2, 0.25) is 0 Å². The summed E-state index contributed by atoms with van der Waals surface area (Å²) in [5.74, 6) is -0.136. The number of rotatable bonds is 3. The zero-order valence-corrected chi connectivity index (χ0v) is 10.5. The van der Waals surface area contributed by atoms with Crippen LogP contribution in [0.4, 0.5) is 10.1 Å². The lowest BCUT2D eigenvalue weighted by atomic mass is 9.86. The van der Waals surface area contributed by atoms with Gasteiger partial charge in [-0.2, -0.15) is 0 Å². The van der Waals surface area contributed by atoms with Gasteiger partial charge in [-0.3, -0.25) is 0 Å². The molecule has 2 aliphatic carbocycles. The van der Waals surface area contributed by atoms with Crippen molar-refractivity contribution in [2.45, 2.75) is 36.6 Å². The Labute approximate surface area is 102 Å². The fourth-order valence-corrected chi connectivity index (χ4v) is 2.98. The van der Waals surface area contributed by atoms with Crippen molar-refractivity contribution in [1.29, 1.82) is 0 Å². The van der Waals surface area contributed by atoms with Crippen molar-refractivity contribution in [2.75, 3.05) is 19.0 Å². The molecule has 0 aliphatic heterocycles. The van der Waals surface area contributed by atoms with E-state index in [1.54, 1.807) is 11.0 Å². The second-order valence-corrected chi connectivity index (χ2v) is 5.80. The van der Waals surface area contributed by atoms with Crippen LogP contribution < -0.4 is 10.6 Å². The van der Waals surface area contributed by atoms with Crippen LogP contribution in [0.25, 0.3) is 0 Å². The number of hydrogen-bond acceptors (Lipinski definition) is 2. The van der Waals surface area contributed by atoms with Gasteiger partial charge in [-0.1, -0.05) is 6.07 Å². The molecule has 0 amide bonds. The Kier molecular flexibility index (Phi) is 2.09. The standard InChI is InChI=1S/C14H19FN2/c1-17(2)12-4-3-10(9-11(12)15)13(5-6-13)14(16)7-8-14/h3-4,9H,5-8,16H2,1-2H3. The minimum absolute atomic E-state index is 0.0426. The van der Waals surface area contributed by atoms with Gasteiger partial charge in [-0.05, 0) is 43.4 Å². The molecule has 2 fully saturated rings. The van der Waals surface area contributed by atoms with Crippen LogP contribution in [0.1, 0.15) is 31.2 Å². The third-order valence-corrected chi connectivity index (χ3v) is 4.47. The number of nitrogens with two attached hydrogens (primary N) is 1. The molecule has 0 bridgehead atoms. The van der Waals surface area contributed by atoms with Gasteiger partial charge in [-0.15, -0.1) is 0 Å². The number of halogens is 1. The SMILES string of the molecule is CN(C)c1ccc(C2(C3(N)CC3)CC2)cc1F. The van der Waals surface area contributed by atoms with Crippen molar-refractivity contribution < 1.29 is 4.39 Å². The molecule has 92 valence electrons. The molecule has 0 heterocycles. The number of benzene rings is 1. The van der Waals surface area contributed by atoms with Crippen LogP contribution in [0.15, 0.2) is 18.2 Å². The van der Waals surface area contributed by atoms with Crippen LogP contribution >= 0.6 is 0 Å². The first kappa shape index (κ1) is 11.0. The van der Waals surface area contributed by atoms with E-state index in [0.717, 1.165) is 31.2 Å². The highest BCUT2D eigenvalue weighted by Gasteiger charge is 2.64. The summed E-state index contributed by atoms with van der Waals surface area (Å²) in [5.41, 5.74) is 8.12. The minimum atomic E-state index is -0.136. The van der Waals surface area contributed by atoms with Gasteiger partial charge in [0.1, 0.15) is 5.82 Å². The van der Waals surface area contributed by atoms with Crippen molar-refractivity contribution in [3.05, 3.63) is 29.6 Å². The Hall–Kier alpha value is -1.09. The molecule has 0 saturated heterocycles. The van der Waals surface area contributed by atoms with Crippen molar-refractivity contribution in [1.82, 2.24) is 0 Å². The van der Waals surface area contributed by atoms with Crippen LogP contribution in [0.5, 0.6) is 0 Å². The van der Waals surface area contributed by atoms with Gasteiger partial charge in [0.05, 0.1) is 5.69 Å². The van der Waals surface area contributed by atoms with Gasteiger partial charge < -0.3 is 10.6 Å². The maximum absolute atomic E-state index is 14.0. The molecule has 2 N–H and O–H groups in total. The summed E-state index contributed by atoms with van der Waals surface area (Å²) in [4.78, 5) is 1.80. The van der Waals surface area contributed by atoms with Gasteiger partial charge >= 0.3 is 0 Å². The maximum atomic E-state index is 14.0. The predicted molar refractivity (Wildman–Crippen MR) is 67.8 cm³/mol. The summed E-state index contributed by atoms with van der Waals surface area (Å²) in [7, 11) is 3.71. The quantitative estimate of drug-likeness (QED) is 0.870. The van der Waals surface area contributed by atoms with E-state index in [1.807, 2.05) is 20.2 Å². The van der Waals surface area contributed by atoms with Crippen LogP contribution in [-0.4, -0.2) is 19.6 Å². The maximum Gasteiger partial charge on any atom is 0.146 e. The van der Waals surface area contributed by atoms with Crippen LogP contribution in [-0.2, 0) is 5.41 Å². The van der Waals surface area contributed by atoms with Crippen molar-refractivity contribution in [3.8, 4) is 0 Å². The van der Waals surface area contributed by atoms with E-state index in [1.165, 1.54) is 0 Å². The first-order valence-corrected chi connectivity index (χ1v) is 6.25. The molecule has 0 unspecified atom stereocenters. The van der Waals surface area contributed by atoms with Crippen molar-refractivity contribution >= 4 is 5.69 Å². The van der Waals surface area contributed by atoms with E-state index in [4.69, 9.17) is 5.73 Å². The van der Waals surface area contributed by atoms with Crippen LogP contribution in [0.2, 0.25) is 0 Å². The highest BCUT2D eigenvalue weighted by Crippen LogP contribution is 2.63. The van der Waals surface area contributed by atoms with Gasteiger partial charge in [0, 0.05) is 25.0 Å². The molecule has 0 atom stereocenters. The second-order valence-electron chi connectivity index (χ2n) is 5.80. The van der Waals surface area contributed by atoms with E-state index in [2.05, 4.69) is 6.07 Å². The normalized spacial score (nSPS) is 23.3. The predicted octanol–water partition coefficient (Wildman–Crippen LogP) is 2.41. The molecule has 1 aromatic rings. The molecule has 2 saturated carbocycles. The first-order valence-electron chi connectivity index (χ1n) is 6.25. The largest absolute Gasteiger partial charge is 0.375 e. The lowest BCUT2D eigenvalue weighted by molar-refractivity contribution is 0.499. The Bertz CT molecular complexity index is 459. The van der Waals surface area contributed by atoms with E-state index in [-0.39, 0.29) is 16.8 Å². The number of hydrogen-bond donors (Lipinski definition) is 1. The summed E-state index contributed by atoms with van der Waals surface area (Å²) in [6.45, 7) is 0. The molecule has 1 aromatic carbocycles. The fourth-order valence-electron chi connectivity index (χ4n) is 2.98. The lowest BCUT2D eigenvalue weighted by Crippen LogP contribution is -2.37. The Balaban J connectivity index is 1.98. The molecule has 3 heteroatoms. The molecular formula is C14H19FN2. The summed E-state index contributed by atoms with van der Waals surface area (Å²) in [6.07, 6.45) is 4.41. The van der Waals surface area contributed by atoms with Crippen LogP contribution in [0, 0.1) is 5.82 Å². The lowest BCUT2D eigenvalue weighted by Gasteiger charge is -2.24. The van der Waals surface area contributed by atoms with Crippen LogP contribution in [0.3, 0.4) is 0 Å². The molecule has 3 rings (SSSR count). The molecule has 2 nitrogen and oxygen atoms in total. The monoisotopic (exact) mass is 234 g/mol. The third-order valence-electron chi connectivity index (χ3n) is 4.47. The summed E-state index contributed by atoms with van der Waals surface area (Å²) < 4.78 is 14.0. The Morgan fingerprint density at radius 3 is 2.24 bits per heavy atom. The molecule has 17 heavy (non-hydrogen) atoms. The Morgan fingerprint density at radius 2 is 1.82 bits per heavy atom. The van der Waals surface area contributed by atoms with E-state index >= 15 is 0 Å². The second kappa shape index (κ2) is 3.22. The molecule has 0 aromatic heterocycles. The zero-order chi connectivity index (χ0) is 12.3. The smallest absolute Gasteiger partial charge is 0.146 e. The minimum Gasteiger partial charge on any atom is -0.375 e. The van der Waals surface area contributed by atoms with Crippen molar-refractivity contribution in [2.24, 2.45) is 5.73 Å². The van der Waals surface area contributed by atoms with Gasteiger partial charge in [0.15, 0.2) is 0 Å². The van der Waals surface area contributed by atoms with E-state index < -0.39 is 0 Å². The molecule has 0 radical (unpaired) electrons. The zero-order valence-electron chi connectivity index (χ0n) is 10.5. The average Bonchev–Trinajstić information content (AvgIpc) is 3.12. The molecule has 0 spiro atoms. The van der Waals surface area contributed by atoms with Gasteiger partial charge in [0.25, 0.3) is 0 Å². The van der Waals surface area contributed by atoms with Crippen molar-refractivity contribution in [3.63, 3.8) is 0 Å². The molecule has 2 aliphatic rings. The summed E-state index contributed by atoms with van der Waals surface area (Å²) >= 11 is 0. The van der Waals surface area contributed by atoms with E-state index in [0.29, 0.717) is 5.69 Å². The highest BCUT2D eigenvalue weighted by molar-refractivity contribution is 5.51.